The van der Waals surface area contributed by atoms with E-state index in [2.05, 4.69) is 43.0 Å². The van der Waals surface area contributed by atoms with Gasteiger partial charge in [0.05, 0.1) is 0 Å². The second kappa shape index (κ2) is 5.77. The molecule has 1 amide bonds. The van der Waals surface area contributed by atoms with Gasteiger partial charge < -0.3 is 10.2 Å². The molecule has 0 aromatic carbocycles. The monoisotopic (exact) mass is 276 g/mol. The van der Waals surface area contributed by atoms with Crippen molar-refractivity contribution in [2.24, 2.45) is 5.92 Å². The van der Waals surface area contributed by atoms with Crippen LogP contribution in [0.4, 0.5) is 5.82 Å². The number of anilines is 1. The number of carbonyl (C=O) groups is 1. The Labute approximate surface area is 120 Å². The summed E-state index contributed by atoms with van der Waals surface area (Å²) < 4.78 is 0. The number of likely N-dealkylation sites (tertiary alicyclic amines) is 1. The SMILES string of the molecule is CC1CCCN(C(=O)c2cc(NC(C)(C)C)ncn2)C1. The lowest BCUT2D eigenvalue weighted by Crippen LogP contribution is -2.39. The van der Waals surface area contributed by atoms with Gasteiger partial charge in [0.15, 0.2) is 0 Å². The fraction of sp³-hybridized carbons (Fsp3) is 0.667. The minimum Gasteiger partial charge on any atom is -0.365 e. The minimum atomic E-state index is -0.0890. The summed E-state index contributed by atoms with van der Waals surface area (Å²) in [5.74, 6) is 1.28. The van der Waals surface area contributed by atoms with Crippen LogP contribution in [0.2, 0.25) is 0 Å². The maximum Gasteiger partial charge on any atom is 0.272 e. The maximum absolute atomic E-state index is 12.5. The van der Waals surface area contributed by atoms with Crippen LogP contribution < -0.4 is 5.32 Å². The van der Waals surface area contributed by atoms with Gasteiger partial charge in [-0.25, -0.2) is 9.97 Å². The van der Waals surface area contributed by atoms with Crippen LogP contribution >= 0.6 is 0 Å². The van der Waals surface area contributed by atoms with Crippen LogP contribution in [-0.2, 0) is 0 Å². The van der Waals surface area contributed by atoms with Gasteiger partial charge >= 0.3 is 0 Å². The molecule has 0 saturated carbocycles. The molecule has 0 aliphatic carbocycles. The Balaban J connectivity index is 2.12. The second-order valence-electron chi connectivity index (χ2n) is 6.66. The number of carbonyl (C=O) groups excluding carboxylic acids is 1. The Kier molecular flexibility index (Phi) is 4.26. The van der Waals surface area contributed by atoms with Gasteiger partial charge in [0, 0.05) is 24.7 Å². The summed E-state index contributed by atoms with van der Waals surface area (Å²) in [5, 5.41) is 3.27. The molecule has 1 saturated heterocycles. The molecule has 1 aliphatic heterocycles. The number of hydrogen-bond donors (Lipinski definition) is 1. The lowest BCUT2D eigenvalue weighted by molar-refractivity contribution is 0.0677. The summed E-state index contributed by atoms with van der Waals surface area (Å²) in [7, 11) is 0. The molecule has 1 N–H and O–H groups in total. The molecule has 1 aromatic rings. The van der Waals surface area contributed by atoms with Crippen LogP contribution in [0, 0.1) is 5.92 Å². The maximum atomic E-state index is 12.5. The molecule has 2 heterocycles. The molecule has 0 radical (unpaired) electrons. The molecule has 110 valence electrons. The molecule has 0 spiro atoms. The lowest BCUT2D eigenvalue weighted by Gasteiger charge is -2.30. The summed E-state index contributed by atoms with van der Waals surface area (Å²) in [6, 6.07) is 1.74. The van der Waals surface area contributed by atoms with Crippen LogP contribution in [0.15, 0.2) is 12.4 Å². The minimum absolute atomic E-state index is 0.0101. The molecule has 1 aromatic heterocycles. The molecule has 5 nitrogen and oxygen atoms in total. The average Bonchev–Trinajstić information content (AvgIpc) is 2.36. The van der Waals surface area contributed by atoms with Crippen molar-refractivity contribution >= 4 is 11.7 Å². The van der Waals surface area contributed by atoms with Crippen molar-refractivity contribution in [3.63, 3.8) is 0 Å². The topological polar surface area (TPSA) is 58.1 Å². The highest BCUT2D eigenvalue weighted by Crippen LogP contribution is 2.18. The third kappa shape index (κ3) is 3.92. The lowest BCUT2D eigenvalue weighted by atomic mass is 10.00. The largest absolute Gasteiger partial charge is 0.365 e. The molecule has 2 rings (SSSR count). The highest BCUT2D eigenvalue weighted by atomic mass is 16.2. The van der Waals surface area contributed by atoms with E-state index in [0.29, 0.717) is 17.4 Å². The van der Waals surface area contributed by atoms with Crippen molar-refractivity contribution in [1.82, 2.24) is 14.9 Å². The van der Waals surface area contributed by atoms with Crippen LogP contribution in [0.3, 0.4) is 0 Å². The summed E-state index contributed by atoms with van der Waals surface area (Å²) in [5.41, 5.74) is 0.384. The number of nitrogens with zero attached hydrogens (tertiary/aromatic N) is 3. The molecule has 1 unspecified atom stereocenters. The summed E-state index contributed by atoms with van der Waals surface area (Å²) >= 11 is 0. The van der Waals surface area contributed by atoms with E-state index in [0.717, 1.165) is 19.5 Å². The normalized spacial score (nSPS) is 19.8. The van der Waals surface area contributed by atoms with Crippen molar-refractivity contribution < 1.29 is 4.79 Å². The van der Waals surface area contributed by atoms with Gasteiger partial charge in [-0.1, -0.05) is 6.92 Å². The molecular weight excluding hydrogens is 252 g/mol. The Morgan fingerprint density at radius 2 is 2.15 bits per heavy atom. The van der Waals surface area contributed by atoms with E-state index in [9.17, 15) is 4.79 Å². The Bertz CT molecular complexity index is 481. The number of nitrogens with one attached hydrogen (secondary N) is 1. The third-order valence-electron chi connectivity index (χ3n) is 3.33. The van der Waals surface area contributed by atoms with E-state index in [1.165, 1.54) is 12.7 Å². The standard InChI is InChI=1S/C15H24N4O/c1-11-6-5-7-19(9-11)14(20)12-8-13(17-10-16-12)18-15(2,3)4/h8,10-11H,5-7,9H2,1-4H3,(H,16,17,18). The molecule has 20 heavy (non-hydrogen) atoms. The Morgan fingerprint density at radius 3 is 2.80 bits per heavy atom. The fourth-order valence-corrected chi connectivity index (χ4v) is 2.46. The van der Waals surface area contributed by atoms with Gasteiger partial charge in [-0.15, -0.1) is 0 Å². The zero-order chi connectivity index (χ0) is 14.8. The van der Waals surface area contributed by atoms with E-state index in [1.54, 1.807) is 6.07 Å². The number of amides is 1. The van der Waals surface area contributed by atoms with E-state index >= 15 is 0 Å². The van der Waals surface area contributed by atoms with Gasteiger partial charge in [-0.05, 0) is 39.5 Å². The van der Waals surface area contributed by atoms with Gasteiger partial charge in [0.1, 0.15) is 17.8 Å². The van der Waals surface area contributed by atoms with Crippen LogP contribution in [0.1, 0.15) is 51.0 Å². The molecular formula is C15H24N4O. The van der Waals surface area contributed by atoms with Crippen LogP contribution in [0.5, 0.6) is 0 Å². The smallest absolute Gasteiger partial charge is 0.272 e. The van der Waals surface area contributed by atoms with E-state index < -0.39 is 0 Å². The Morgan fingerprint density at radius 1 is 1.40 bits per heavy atom. The molecule has 1 atom stereocenters. The predicted octanol–water partition coefficient (Wildman–Crippen LogP) is 2.56. The average molecular weight is 276 g/mol. The number of hydrogen-bond acceptors (Lipinski definition) is 4. The van der Waals surface area contributed by atoms with Crippen molar-refractivity contribution in [2.75, 3.05) is 18.4 Å². The Hall–Kier alpha value is -1.65. The van der Waals surface area contributed by atoms with Crippen molar-refractivity contribution in [3.05, 3.63) is 18.1 Å². The zero-order valence-electron chi connectivity index (χ0n) is 12.8. The summed E-state index contributed by atoms with van der Waals surface area (Å²) in [6.07, 6.45) is 3.73. The van der Waals surface area contributed by atoms with Crippen molar-refractivity contribution in [1.29, 1.82) is 0 Å². The van der Waals surface area contributed by atoms with Crippen molar-refractivity contribution in [3.8, 4) is 0 Å². The van der Waals surface area contributed by atoms with Gasteiger partial charge in [0.2, 0.25) is 0 Å². The molecule has 1 aliphatic rings. The van der Waals surface area contributed by atoms with E-state index in [-0.39, 0.29) is 11.4 Å². The zero-order valence-corrected chi connectivity index (χ0v) is 12.8. The third-order valence-corrected chi connectivity index (χ3v) is 3.33. The first-order chi connectivity index (χ1) is 9.35. The van der Waals surface area contributed by atoms with Gasteiger partial charge in [-0.3, -0.25) is 4.79 Å². The highest BCUT2D eigenvalue weighted by Gasteiger charge is 2.23. The number of rotatable bonds is 2. The predicted molar refractivity (Wildman–Crippen MR) is 79.7 cm³/mol. The number of piperidine rings is 1. The van der Waals surface area contributed by atoms with E-state index in [1.807, 2.05) is 4.90 Å². The van der Waals surface area contributed by atoms with Gasteiger partial charge in [-0.2, -0.15) is 0 Å². The molecule has 5 heteroatoms. The summed E-state index contributed by atoms with van der Waals surface area (Å²) in [6.45, 7) is 10.0. The first kappa shape index (κ1) is 14.8. The molecule has 0 bridgehead atoms. The fourth-order valence-electron chi connectivity index (χ4n) is 2.46. The van der Waals surface area contributed by atoms with Crippen molar-refractivity contribution in [2.45, 2.75) is 46.1 Å². The van der Waals surface area contributed by atoms with Gasteiger partial charge in [0.25, 0.3) is 5.91 Å². The molecule has 1 fully saturated rings. The summed E-state index contributed by atoms with van der Waals surface area (Å²) in [4.78, 5) is 22.7. The highest BCUT2D eigenvalue weighted by molar-refractivity contribution is 5.93. The first-order valence-corrected chi connectivity index (χ1v) is 7.24. The quantitative estimate of drug-likeness (QED) is 0.902. The van der Waals surface area contributed by atoms with Crippen LogP contribution in [-0.4, -0.2) is 39.4 Å². The van der Waals surface area contributed by atoms with E-state index in [4.69, 9.17) is 0 Å². The number of aromatic nitrogens is 2. The van der Waals surface area contributed by atoms with Crippen LogP contribution in [0.25, 0.3) is 0 Å². The first-order valence-electron chi connectivity index (χ1n) is 7.24. The second-order valence-corrected chi connectivity index (χ2v) is 6.66.